The molecular weight excluding hydrogens is 228 g/mol. The number of hydrogen-bond acceptors (Lipinski definition) is 4. The first kappa shape index (κ1) is 15.9. The number of hydrogen-bond donors (Lipinski definition) is 1. The van der Waals surface area contributed by atoms with Gasteiger partial charge in [0, 0.05) is 27.2 Å². The van der Waals surface area contributed by atoms with Gasteiger partial charge in [-0.25, -0.2) is 0 Å². The summed E-state index contributed by atoms with van der Waals surface area (Å²) in [7, 11) is 3.42. The second-order valence-corrected chi connectivity index (χ2v) is 5.44. The van der Waals surface area contributed by atoms with Crippen molar-refractivity contribution in [3.63, 3.8) is 0 Å². The molecule has 4 nitrogen and oxygen atoms in total. The molecule has 0 spiro atoms. The molecular formula is C14H30N2O2. The van der Waals surface area contributed by atoms with Crippen molar-refractivity contribution in [2.24, 2.45) is 11.7 Å². The van der Waals surface area contributed by atoms with E-state index >= 15 is 0 Å². The first-order valence-corrected chi connectivity index (χ1v) is 7.11. The van der Waals surface area contributed by atoms with Crippen LogP contribution in [0.4, 0.5) is 0 Å². The van der Waals surface area contributed by atoms with Crippen LogP contribution in [-0.2, 0) is 9.47 Å². The smallest absolute Gasteiger partial charge is 0.185 e. The van der Waals surface area contributed by atoms with Gasteiger partial charge in [0.05, 0.1) is 5.54 Å². The van der Waals surface area contributed by atoms with Gasteiger partial charge in [-0.15, -0.1) is 0 Å². The molecule has 1 saturated carbocycles. The van der Waals surface area contributed by atoms with E-state index in [-0.39, 0.29) is 5.54 Å². The fraction of sp³-hybridized carbons (Fsp3) is 1.00. The van der Waals surface area contributed by atoms with Crippen molar-refractivity contribution in [2.45, 2.75) is 51.4 Å². The summed E-state index contributed by atoms with van der Waals surface area (Å²) in [6, 6.07) is 0. The predicted molar refractivity (Wildman–Crippen MR) is 74.5 cm³/mol. The fourth-order valence-electron chi connectivity index (χ4n) is 3.36. The average molecular weight is 258 g/mol. The van der Waals surface area contributed by atoms with Crippen molar-refractivity contribution in [3.8, 4) is 0 Å². The summed E-state index contributed by atoms with van der Waals surface area (Å²) in [5, 5.41) is 0. The van der Waals surface area contributed by atoms with Gasteiger partial charge < -0.3 is 20.1 Å². The van der Waals surface area contributed by atoms with Gasteiger partial charge in [-0.3, -0.25) is 0 Å². The van der Waals surface area contributed by atoms with E-state index in [9.17, 15) is 0 Å². The maximum absolute atomic E-state index is 6.68. The molecule has 0 amide bonds. The SMILES string of the molecule is CCN(CC)CC(C)C1(N)CCCC1(OC)OC. The molecule has 0 radical (unpaired) electrons. The molecule has 0 heterocycles. The zero-order valence-electron chi connectivity index (χ0n) is 12.7. The Morgan fingerprint density at radius 2 is 1.72 bits per heavy atom. The molecule has 0 bridgehead atoms. The zero-order chi connectivity index (χ0) is 13.8. The van der Waals surface area contributed by atoms with Crippen molar-refractivity contribution >= 4 is 0 Å². The van der Waals surface area contributed by atoms with Crippen LogP contribution in [0.5, 0.6) is 0 Å². The number of ether oxygens (including phenoxy) is 2. The van der Waals surface area contributed by atoms with E-state index in [1.54, 1.807) is 14.2 Å². The van der Waals surface area contributed by atoms with Crippen LogP contribution in [0.25, 0.3) is 0 Å². The molecule has 0 saturated heterocycles. The number of nitrogens with two attached hydrogens (primary N) is 1. The van der Waals surface area contributed by atoms with Crippen LogP contribution in [0.3, 0.4) is 0 Å². The Hall–Kier alpha value is -0.160. The Bertz CT molecular complexity index is 252. The highest BCUT2D eigenvalue weighted by Crippen LogP contribution is 2.45. The number of rotatable bonds is 7. The molecule has 4 heteroatoms. The maximum atomic E-state index is 6.68. The van der Waals surface area contributed by atoms with E-state index in [0.29, 0.717) is 5.92 Å². The van der Waals surface area contributed by atoms with Crippen molar-refractivity contribution in [3.05, 3.63) is 0 Å². The third kappa shape index (κ3) is 2.57. The number of methoxy groups -OCH3 is 2. The summed E-state index contributed by atoms with van der Waals surface area (Å²) in [6.45, 7) is 9.71. The summed E-state index contributed by atoms with van der Waals surface area (Å²) in [6.07, 6.45) is 2.93. The lowest BCUT2D eigenvalue weighted by Gasteiger charge is -2.46. The first-order chi connectivity index (χ1) is 8.49. The van der Waals surface area contributed by atoms with Crippen LogP contribution in [-0.4, -0.2) is 50.1 Å². The van der Waals surface area contributed by atoms with Gasteiger partial charge in [0.2, 0.25) is 0 Å². The summed E-state index contributed by atoms with van der Waals surface area (Å²) in [5.74, 6) is -0.265. The Morgan fingerprint density at radius 1 is 1.17 bits per heavy atom. The summed E-state index contributed by atoms with van der Waals surface area (Å²) < 4.78 is 11.3. The van der Waals surface area contributed by atoms with Crippen LogP contribution in [0.1, 0.15) is 40.0 Å². The molecule has 108 valence electrons. The van der Waals surface area contributed by atoms with Gasteiger partial charge in [-0.05, 0) is 31.8 Å². The van der Waals surface area contributed by atoms with Gasteiger partial charge >= 0.3 is 0 Å². The minimum Gasteiger partial charge on any atom is -0.351 e. The highest BCUT2D eigenvalue weighted by Gasteiger charge is 2.56. The summed E-state index contributed by atoms with van der Waals surface area (Å²) in [4.78, 5) is 2.41. The van der Waals surface area contributed by atoms with E-state index in [2.05, 4.69) is 25.7 Å². The first-order valence-electron chi connectivity index (χ1n) is 7.11. The lowest BCUT2D eigenvalue weighted by atomic mass is 9.80. The molecule has 1 rings (SSSR count). The van der Waals surface area contributed by atoms with E-state index in [1.165, 1.54) is 0 Å². The second kappa shape index (κ2) is 6.33. The maximum Gasteiger partial charge on any atom is 0.185 e. The summed E-state index contributed by atoms with van der Waals surface area (Å²) in [5.41, 5.74) is 6.29. The van der Waals surface area contributed by atoms with Crippen LogP contribution >= 0.6 is 0 Å². The molecule has 2 atom stereocenters. The zero-order valence-corrected chi connectivity index (χ0v) is 12.7. The van der Waals surface area contributed by atoms with Crippen LogP contribution < -0.4 is 5.73 Å². The van der Waals surface area contributed by atoms with Gasteiger partial charge in [-0.2, -0.15) is 0 Å². The van der Waals surface area contributed by atoms with Gasteiger partial charge in [0.15, 0.2) is 5.79 Å². The highest BCUT2D eigenvalue weighted by atomic mass is 16.7. The lowest BCUT2D eigenvalue weighted by Crippen LogP contribution is -2.64. The topological polar surface area (TPSA) is 47.7 Å². The molecule has 0 aromatic carbocycles. The molecule has 18 heavy (non-hydrogen) atoms. The largest absolute Gasteiger partial charge is 0.351 e. The molecule has 1 fully saturated rings. The van der Waals surface area contributed by atoms with Crippen LogP contribution in [0.2, 0.25) is 0 Å². The van der Waals surface area contributed by atoms with Crippen LogP contribution in [0, 0.1) is 5.92 Å². The lowest BCUT2D eigenvalue weighted by molar-refractivity contribution is -0.244. The molecule has 2 unspecified atom stereocenters. The Balaban J connectivity index is 2.83. The van der Waals surface area contributed by atoms with Crippen molar-refractivity contribution in [1.29, 1.82) is 0 Å². The minimum absolute atomic E-state index is 0.347. The molecule has 0 aromatic heterocycles. The Morgan fingerprint density at radius 3 is 2.17 bits per heavy atom. The van der Waals surface area contributed by atoms with E-state index in [4.69, 9.17) is 15.2 Å². The Kier molecular flexibility index (Phi) is 5.59. The van der Waals surface area contributed by atoms with Crippen molar-refractivity contribution in [1.82, 2.24) is 4.90 Å². The summed E-state index contributed by atoms with van der Waals surface area (Å²) >= 11 is 0. The van der Waals surface area contributed by atoms with Crippen molar-refractivity contribution < 1.29 is 9.47 Å². The molecule has 2 N–H and O–H groups in total. The molecule has 1 aliphatic carbocycles. The predicted octanol–water partition coefficient (Wildman–Crippen LogP) is 1.83. The van der Waals surface area contributed by atoms with Crippen LogP contribution in [0.15, 0.2) is 0 Å². The third-order valence-electron chi connectivity index (χ3n) is 4.77. The normalized spacial score (nSPS) is 28.8. The molecule has 0 aliphatic heterocycles. The minimum atomic E-state index is -0.612. The average Bonchev–Trinajstić information content (AvgIpc) is 2.74. The van der Waals surface area contributed by atoms with E-state index in [0.717, 1.165) is 38.9 Å². The van der Waals surface area contributed by atoms with Gasteiger partial charge in [0.25, 0.3) is 0 Å². The third-order valence-corrected chi connectivity index (χ3v) is 4.77. The number of nitrogens with zero attached hydrogens (tertiary/aromatic N) is 1. The molecule has 1 aliphatic rings. The monoisotopic (exact) mass is 258 g/mol. The quantitative estimate of drug-likeness (QED) is 0.708. The van der Waals surface area contributed by atoms with Gasteiger partial charge in [-0.1, -0.05) is 20.8 Å². The Labute approximate surface area is 112 Å². The van der Waals surface area contributed by atoms with Crippen molar-refractivity contribution in [2.75, 3.05) is 33.9 Å². The van der Waals surface area contributed by atoms with Gasteiger partial charge in [0.1, 0.15) is 0 Å². The second-order valence-electron chi connectivity index (χ2n) is 5.44. The molecule has 0 aromatic rings. The standard InChI is InChI=1S/C14H30N2O2/c1-6-16(7-2)11-12(3)13(15)9-8-10-14(13,17-4)18-5/h12H,6-11,15H2,1-5H3. The highest BCUT2D eigenvalue weighted by molar-refractivity contribution is 5.07. The fourth-order valence-corrected chi connectivity index (χ4v) is 3.36. The van der Waals surface area contributed by atoms with E-state index in [1.807, 2.05) is 0 Å². The van der Waals surface area contributed by atoms with E-state index < -0.39 is 5.79 Å².